The standard InChI is InChI=1S/C23H30N2O7S/c1-8-19(25(33(7,28)29)16-10-9-14(2)15(3)11-16)22(26)24-18-13-21(31-5)20(30-4)12-17(18)23(27)32-6/h9-13,19H,8H2,1-7H3,(H,24,26). The second kappa shape index (κ2) is 10.6. The highest BCUT2D eigenvalue weighted by molar-refractivity contribution is 7.92. The zero-order valence-electron chi connectivity index (χ0n) is 19.9. The second-order valence-corrected chi connectivity index (χ2v) is 9.34. The van der Waals surface area contributed by atoms with E-state index in [4.69, 9.17) is 14.2 Å². The van der Waals surface area contributed by atoms with Crippen molar-refractivity contribution in [3.63, 3.8) is 0 Å². The number of rotatable bonds is 9. The molecule has 2 aromatic carbocycles. The van der Waals surface area contributed by atoms with Gasteiger partial charge in [-0.15, -0.1) is 0 Å². The van der Waals surface area contributed by atoms with Crippen molar-refractivity contribution >= 4 is 33.3 Å². The third-order valence-corrected chi connectivity index (χ3v) is 6.44. The SMILES string of the molecule is CCC(C(=O)Nc1cc(OC)c(OC)cc1C(=O)OC)N(c1ccc(C)c(C)c1)S(C)(=O)=O. The van der Waals surface area contributed by atoms with Gasteiger partial charge in [-0.2, -0.15) is 0 Å². The van der Waals surface area contributed by atoms with Crippen LogP contribution in [0.3, 0.4) is 0 Å². The largest absolute Gasteiger partial charge is 0.493 e. The Labute approximate surface area is 194 Å². The maximum absolute atomic E-state index is 13.3. The molecule has 1 N–H and O–H groups in total. The molecule has 9 nitrogen and oxygen atoms in total. The van der Waals surface area contributed by atoms with Crippen molar-refractivity contribution in [3.8, 4) is 11.5 Å². The van der Waals surface area contributed by atoms with E-state index in [0.717, 1.165) is 21.7 Å². The molecule has 1 unspecified atom stereocenters. The molecule has 0 saturated carbocycles. The topological polar surface area (TPSA) is 111 Å². The van der Waals surface area contributed by atoms with Crippen molar-refractivity contribution < 1.29 is 32.2 Å². The molecule has 0 spiro atoms. The fourth-order valence-corrected chi connectivity index (χ4v) is 4.60. The summed E-state index contributed by atoms with van der Waals surface area (Å²) < 4.78 is 41.9. The van der Waals surface area contributed by atoms with Gasteiger partial charge >= 0.3 is 5.97 Å². The minimum Gasteiger partial charge on any atom is -0.493 e. The summed E-state index contributed by atoms with van der Waals surface area (Å²) in [5.41, 5.74) is 2.41. The number of carbonyl (C=O) groups is 2. The zero-order chi connectivity index (χ0) is 24.9. The Kier molecular flexibility index (Phi) is 8.32. The Balaban J connectivity index is 2.55. The van der Waals surface area contributed by atoms with Gasteiger partial charge in [0.15, 0.2) is 11.5 Å². The summed E-state index contributed by atoms with van der Waals surface area (Å²) in [6.45, 7) is 5.49. The number of aryl methyl sites for hydroxylation is 2. The van der Waals surface area contributed by atoms with Crippen molar-refractivity contribution in [2.75, 3.05) is 37.2 Å². The third-order valence-electron chi connectivity index (χ3n) is 5.26. The van der Waals surface area contributed by atoms with Gasteiger partial charge in [0.25, 0.3) is 0 Å². The molecule has 2 rings (SSSR count). The van der Waals surface area contributed by atoms with Gasteiger partial charge in [0.2, 0.25) is 15.9 Å². The van der Waals surface area contributed by atoms with Crippen molar-refractivity contribution in [2.24, 2.45) is 0 Å². The van der Waals surface area contributed by atoms with Crippen LogP contribution in [0.4, 0.5) is 11.4 Å². The minimum absolute atomic E-state index is 0.0374. The lowest BCUT2D eigenvalue weighted by atomic mass is 10.1. The summed E-state index contributed by atoms with van der Waals surface area (Å²) in [5, 5.41) is 2.67. The molecule has 1 amide bonds. The quantitative estimate of drug-likeness (QED) is 0.551. The van der Waals surface area contributed by atoms with E-state index in [0.29, 0.717) is 5.69 Å². The van der Waals surface area contributed by atoms with Crippen molar-refractivity contribution in [1.29, 1.82) is 0 Å². The van der Waals surface area contributed by atoms with Crippen molar-refractivity contribution in [1.82, 2.24) is 0 Å². The number of nitrogens with one attached hydrogen (secondary N) is 1. The first-order valence-electron chi connectivity index (χ1n) is 10.2. The van der Waals surface area contributed by atoms with Crippen LogP contribution in [0.5, 0.6) is 11.5 Å². The summed E-state index contributed by atoms with van der Waals surface area (Å²) in [7, 11) is 0.231. The van der Waals surface area contributed by atoms with Gasteiger partial charge in [0, 0.05) is 12.1 Å². The monoisotopic (exact) mass is 478 g/mol. The number of hydrogen-bond donors (Lipinski definition) is 1. The lowest BCUT2D eigenvalue weighted by Crippen LogP contribution is -2.47. The van der Waals surface area contributed by atoms with E-state index in [1.54, 1.807) is 25.1 Å². The number of nitrogens with zero attached hydrogens (tertiary/aromatic N) is 1. The number of carbonyl (C=O) groups excluding carboxylic acids is 2. The molecule has 0 bridgehead atoms. The van der Waals surface area contributed by atoms with Crippen LogP contribution >= 0.6 is 0 Å². The molecule has 0 aliphatic rings. The van der Waals surface area contributed by atoms with Gasteiger partial charge in [0.1, 0.15) is 6.04 Å². The average Bonchev–Trinajstić information content (AvgIpc) is 2.77. The highest BCUT2D eigenvalue weighted by Crippen LogP contribution is 2.34. The van der Waals surface area contributed by atoms with Crippen LogP contribution in [-0.4, -0.2) is 53.9 Å². The van der Waals surface area contributed by atoms with Crippen LogP contribution in [0.1, 0.15) is 34.8 Å². The van der Waals surface area contributed by atoms with Crippen LogP contribution in [0.25, 0.3) is 0 Å². The molecule has 33 heavy (non-hydrogen) atoms. The van der Waals surface area contributed by atoms with Gasteiger partial charge in [-0.05, 0) is 43.5 Å². The predicted molar refractivity (Wildman–Crippen MR) is 127 cm³/mol. The Bertz CT molecular complexity index is 1150. The van der Waals surface area contributed by atoms with Crippen LogP contribution < -0.4 is 19.1 Å². The molecule has 0 aromatic heterocycles. The average molecular weight is 479 g/mol. The molecular weight excluding hydrogens is 448 g/mol. The summed E-state index contributed by atoms with van der Waals surface area (Å²) in [5.74, 6) is -0.759. The number of esters is 1. The normalized spacial score (nSPS) is 12.0. The first-order valence-corrected chi connectivity index (χ1v) is 12.0. The summed E-state index contributed by atoms with van der Waals surface area (Å²) in [6, 6.07) is 6.94. The van der Waals surface area contributed by atoms with E-state index in [1.165, 1.54) is 33.5 Å². The van der Waals surface area contributed by atoms with Crippen LogP contribution in [0.2, 0.25) is 0 Å². The molecule has 2 aromatic rings. The first-order chi connectivity index (χ1) is 15.5. The third kappa shape index (κ3) is 5.75. The van der Waals surface area contributed by atoms with Crippen LogP contribution in [-0.2, 0) is 19.6 Å². The van der Waals surface area contributed by atoms with Gasteiger partial charge < -0.3 is 19.5 Å². The Morgan fingerprint density at radius 3 is 2.09 bits per heavy atom. The number of anilines is 2. The molecule has 1 atom stereocenters. The molecule has 0 saturated heterocycles. The smallest absolute Gasteiger partial charge is 0.340 e. The van der Waals surface area contributed by atoms with Crippen LogP contribution in [0, 0.1) is 13.8 Å². The molecule has 10 heteroatoms. The molecule has 0 heterocycles. The Hall–Kier alpha value is -3.27. The van der Waals surface area contributed by atoms with Gasteiger partial charge in [-0.3, -0.25) is 9.10 Å². The summed E-state index contributed by atoms with van der Waals surface area (Å²) >= 11 is 0. The molecular formula is C23H30N2O7S. The first kappa shape index (κ1) is 26.0. The van der Waals surface area contributed by atoms with Crippen molar-refractivity contribution in [2.45, 2.75) is 33.2 Å². The lowest BCUT2D eigenvalue weighted by Gasteiger charge is -2.30. The van der Waals surface area contributed by atoms with E-state index in [1.807, 2.05) is 13.8 Å². The fraction of sp³-hybridized carbons (Fsp3) is 0.391. The molecule has 0 radical (unpaired) electrons. The molecule has 180 valence electrons. The van der Waals surface area contributed by atoms with Gasteiger partial charge in [-0.25, -0.2) is 13.2 Å². The maximum atomic E-state index is 13.3. The minimum atomic E-state index is -3.81. The molecule has 0 fully saturated rings. The summed E-state index contributed by atoms with van der Waals surface area (Å²) in [6.07, 6.45) is 1.24. The van der Waals surface area contributed by atoms with Gasteiger partial charge in [-0.1, -0.05) is 13.0 Å². The number of amides is 1. The number of hydrogen-bond acceptors (Lipinski definition) is 7. The number of methoxy groups -OCH3 is 3. The molecule has 0 aliphatic heterocycles. The van der Waals surface area contributed by atoms with E-state index < -0.39 is 27.9 Å². The van der Waals surface area contributed by atoms with E-state index in [-0.39, 0.29) is 29.2 Å². The number of benzene rings is 2. The number of sulfonamides is 1. The molecule has 0 aliphatic carbocycles. The Morgan fingerprint density at radius 1 is 1.00 bits per heavy atom. The van der Waals surface area contributed by atoms with E-state index in [9.17, 15) is 18.0 Å². The highest BCUT2D eigenvalue weighted by atomic mass is 32.2. The Morgan fingerprint density at radius 2 is 1.61 bits per heavy atom. The summed E-state index contributed by atoms with van der Waals surface area (Å²) in [4.78, 5) is 25.7. The maximum Gasteiger partial charge on any atom is 0.340 e. The van der Waals surface area contributed by atoms with Crippen LogP contribution in [0.15, 0.2) is 30.3 Å². The highest BCUT2D eigenvalue weighted by Gasteiger charge is 2.32. The van der Waals surface area contributed by atoms with Gasteiger partial charge in [0.05, 0.1) is 44.5 Å². The zero-order valence-corrected chi connectivity index (χ0v) is 20.7. The van der Waals surface area contributed by atoms with E-state index >= 15 is 0 Å². The van der Waals surface area contributed by atoms with Crippen molar-refractivity contribution in [3.05, 3.63) is 47.0 Å². The second-order valence-electron chi connectivity index (χ2n) is 7.49. The lowest BCUT2D eigenvalue weighted by molar-refractivity contribution is -0.117. The fourth-order valence-electron chi connectivity index (χ4n) is 3.40. The predicted octanol–water partition coefficient (Wildman–Crippen LogP) is 3.29. The number of ether oxygens (including phenoxy) is 3. The van der Waals surface area contributed by atoms with E-state index in [2.05, 4.69) is 5.32 Å².